The number of hydrogen-bond donors (Lipinski definition) is 0. The molecule has 1 saturated heterocycles. The molecule has 1 fully saturated rings. The van der Waals surface area contributed by atoms with E-state index in [1.165, 1.54) is 0 Å². The number of carbonyl (C=O) groups is 2. The molecule has 1 aliphatic rings. The van der Waals surface area contributed by atoms with Crippen molar-refractivity contribution in [2.45, 2.75) is 63.8 Å². The highest BCUT2D eigenvalue weighted by atomic mass is 16.5. The van der Waals surface area contributed by atoms with Crippen molar-refractivity contribution in [1.29, 1.82) is 0 Å². The van der Waals surface area contributed by atoms with E-state index in [0.717, 1.165) is 32.2 Å². The van der Waals surface area contributed by atoms with Gasteiger partial charge in [0.05, 0.1) is 30.7 Å². The predicted molar refractivity (Wildman–Crippen MR) is 84.5 cm³/mol. The van der Waals surface area contributed by atoms with Gasteiger partial charge in [-0.2, -0.15) is 0 Å². The molecule has 6 nitrogen and oxygen atoms in total. The fourth-order valence-corrected chi connectivity index (χ4v) is 3.30. The highest BCUT2D eigenvalue weighted by Crippen LogP contribution is 2.24. The van der Waals surface area contributed by atoms with Gasteiger partial charge < -0.3 is 19.3 Å². The lowest BCUT2D eigenvalue weighted by Gasteiger charge is -2.33. The number of likely N-dealkylation sites (N-methyl/N-ethyl adjacent to an activating group) is 1. The number of likely N-dealkylation sites (tertiary alicyclic amines) is 1. The smallest absolute Gasteiger partial charge is 0.225 e. The van der Waals surface area contributed by atoms with Gasteiger partial charge in [0, 0.05) is 27.8 Å². The second-order valence-corrected chi connectivity index (χ2v) is 5.96. The van der Waals surface area contributed by atoms with Gasteiger partial charge in [0.15, 0.2) is 0 Å². The molecule has 0 aromatic heterocycles. The SMILES string of the molecule is CCC(C(CC(=O)N1CCCC1C(C)OC)OC)N(C)C=O. The van der Waals surface area contributed by atoms with E-state index in [-0.39, 0.29) is 30.2 Å². The van der Waals surface area contributed by atoms with Gasteiger partial charge in [-0.05, 0) is 26.2 Å². The van der Waals surface area contributed by atoms with Gasteiger partial charge in [-0.3, -0.25) is 9.59 Å². The van der Waals surface area contributed by atoms with Gasteiger partial charge in [0.1, 0.15) is 0 Å². The summed E-state index contributed by atoms with van der Waals surface area (Å²) in [5.41, 5.74) is 0. The molecule has 4 unspecified atom stereocenters. The summed E-state index contributed by atoms with van der Waals surface area (Å²) in [6, 6.07) is 0.0474. The zero-order chi connectivity index (χ0) is 16.7. The Morgan fingerprint density at radius 1 is 1.41 bits per heavy atom. The fourth-order valence-electron chi connectivity index (χ4n) is 3.30. The largest absolute Gasteiger partial charge is 0.380 e. The second-order valence-electron chi connectivity index (χ2n) is 5.96. The normalized spacial score (nSPS) is 22.2. The van der Waals surface area contributed by atoms with Crippen LogP contribution in [0.2, 0.25) is 0 Å². The molecule has 6 heteroatoms. The molecular formula is C16H30N2O4. The van der Waals surface area contributed by atoms with Gasteiger partial charge in [-0.25, -0.2) is 0 Å². The summed E-state index contributed by atoms with van der Waals surface area (Å²) in [4.78, 5) is 27.2. The van der Waals surface area contributed by atoms with Crippen LogP contribution in [0.3, 0.4) is 0 Å². The van der Waals surface area contributed by atoms with E-state index in [2.05, 4.69) is 0 Å². The van der Waals surface area contributed by atoms with Crippen molar-refractivity contribution in [2.24, 2.45) is 0 Å². The van der Waals surface area contributed by atoms with E-state index in [1.807, 2.05) is 18.7 Å². The first-order valence-corrected chi connectivity index (χ1v) is 8.02. The summed E-state index contributed by atoms with van der Waals surface area (Å²) in [7, 11) is 5.00. The Morgan fingerprint density at radius 2 is 2.09 bits per heavy atom. The Balaban J connectivity index is 2.73. The molecule has 1 heterocycles. The van der Waals surface area contributed by atoms with Gasteiger partial charge in [-0.15, -0.1) is 0 Å². The quantitative estimate of drug-likeness (QED) is 0.602. The van der Waals surface area contributed by atoms with Crippen LogP contribution in [-0.4, -0.2) is 74.2 Å². The van der Waals surface area contributed by atoms with Gasteiger partial charge in [0.2, 0.25) is 12.3 Å². The van der Waals surface area contributed by atoms with Crippen LogP contribution in [0.5, 0.6) is 0 Å². The Bertz CT molecular complexity index is 364. The molecule has 0 bridgehead atoms. The summed E-state index contributed by atoms with van der Waals surface area (Å²) < 4.78 is 10.9. The number of hydrogen-bond acceptors (Lipinski definition) is 4. The van der Waals surface area contributed by atoms with Gasteiger partial charge >= 0.3 is 0 Å². The third kappa shape index (κ3) is 4.43. The molecule has 1 rings (SSSR count). The van der Waals surface area contributed by atoms with Crippen molar-refractivity contribution >= 4 is 12.3 Å². The first kappa shape index (κ1) is 18.9. The zero-order valence-corrected chi connectivity index (χ0v) is 14.4. The highest BCUT2D eigenvalue weighted by Gasteiger charge is 2.35. The monoisotopic (exact) mass is 314 g/mol. The number of amides is 2. The van der Waals surface area contributed by atoms with Crippen LogP contribution < -0.4 is 0 Å². The number of rotatable bonds is 9. The molecule has 0 spiro atoms. The molecule has 1 aliphatic heterocycles. The molecule has 22 heavy (non-hydrogen) atoms. The van der Waals surface area contributed by atoms with Crippen molar-refractivity contribution in [3.63, 3.8) is 0 Å². The number of nitrogens with zero attached hydrogens (tertiary/aromatic N) is 2. The van der Waals surface area contributed by atoms with Crippen LogP contribution >= 0.6 is 0 Å². The van der Waals surface area contributed by atoms with Gasteiger partial charge in [0.25, 0.3) is 0 Å². The standard InChI is InChI=1S/C16H30N2O4/c1-6-13(17(3)11-19)15(22-5)10-16(20)18-9-7-8-14(18)12(2)21-4/h11-15H,6-10H2,1-5H3. The maximum atomic E-state index is 12.7. The first-order valence-electron chi connectivity index (χ1n) is 8.02. The first-order chi connectivity index (χ1) is 10.5. The summed E-state index contributed by atoms with van der Waals surface area (Å²) in [6.45, 7) is 4.76. The van der Waals surface area contributed by atoms with Crippen molar-refractivity contribution in [2.75, 3.05) is 27.8 Å². The Labute approximate surface area is 133 Å². The molecule has 4 atom stereocenters. The van der Waals surface area contributed by atoms with E-state index >= 15 is 0 Å². The Kier molecular flexibility index (Phi) is 7.82. The van der Waals surface area contributed by atoms with Crippen LogP contribution in [0.15, 0.2) is 0 Å². The minimum Gasteiger partial charge on any atom is -0.380 e. The second kappa shape index (κ2) is 9.10. The van der Waals surface area contributed by atoms with Crippen LogP contribution in [0, 0.1) is 0 Å². The lowest BCUT2D eigenvalue weighted by molar-refractivity contribution is -0.139. The van der Waals surface area contributed by atoms with Crippen molar-refractivity contribution < 1.29 is 19.1 Å². The number of methoxy groups -OCH3 is 2. The average Bonchev–Trinajstić information content (AvgIpc) is 3.02. The number of carbonyl (C=O) groups excluding carboxylic acids is 2. The Morgan fingerprint density at radius 3 is 2.59 bits per heavy atom. The minimum atomic E-state index is -0.285. The molecular weight excluding hydrogens is 284 g/mol. The minimum absolute atomic E-state index is 0.0343. The highest BCUT2D eigenvalue weighted by molar-refractivity contribution is 5.77. The zero-order valence-electron chi connectivity index (χ0n) is 14.4. The lowest BCUT2D eigenvalue weighted by Crippen LogP contribution is -2.47. The molecule has 2 amide bonds. The van der Waals surface area contributed by atoms with E-state index < -0.39 is 0 Å². The van der Waals surface area contributed by atoms with Crippen LogP contribution in [-0.2, 0) is 19.1 Å². The van der Waals surface area contributed by atoms with Crippen LogP contribution in [0.1, 0.15) is 39.5 Å². The van der Waals surface area contributed by atoms with Crippen molar-refractivity contribution in [1.82, 2.24) is 9.80 Å². The van der Waals surface area contributed by atoms with Crippen molar-refractivity contribution in [3.05, 3.63) is 0 Å². The summed E-state index contributed by atoms with van der Waals surface area (Å²) in [5.74, 6) is 0.0796. The maximum Gasteiger partial charge on any atom is 0.225 e. The van der Waals surface area contributed by atoms with Crippen LogP contribution in [0.25, 0.3) is 0 Å². The topological polar surface area (TPSA) is 59.1 Å². The van der Waals surface area contributed by atoms with E-state index in [1.54, 1.807) is 26.2 Å². The lowest BCUT2D eigenvalue weighted by atomic mass is 10.0. The third-order valence-corrected chi connectivity index (χ3v) is 4.75. The average molecular weight is 314 g/mol. The third-order valence-electron chi connectivity index (χ3n) is 4.75. The Hall–Kier alpha value is -1.14. The number of ether oxygens (including phenoxy) is 2. The van der Waals surface area contributed by atoms with E-state index in [9.17, 15) is 9.59 Å². The van der Waals surface area contributed by atoms with E-state index in [4.69, 9.17) is 9.47 Å². The summed E-state index contributed by atoms with van der Waals surface area (Å²) >= 11 is 0. The van der Waals surface area contributed by atoms with Crippen LogP contribution in [0.4, 0.5) is 0 Å². The molecule has 0 aromatic carbocycles. The molecule has 128 valence electrons. The molecule has 0 N–H and O–H groups in total. The molecule has 0 saturated carbocycles. The fraction of sp³-hybridized carbons (Fsp3) is 0.875. The summed E-state index contributed by atoms with van der Waals surface area (Å²) in [5, 5.41) is 0. The van der Waals surface area contributed by atoms with E-state index in [0.29, 0.717) is 6.42 Å². The maximum absolute atomic E-state index is 12.7. The van der Waals surface area contributed by atoms with Gasteiger partial charge in [-0.1, -0.05) is 6.92 Å². The molecule has 0 aromatic rings. The molecule has 0 aliphatic carbocycles. The predicted octanol–water partition coefficient (Wildman–Crippen LogP) is 1.28. The van der Waals surface area contributed by atoms with Crippen molar-refractivity contribution in [3.8, 4) is 0 Å². The molecule has 0 radical (unpaired) electrons. The summed E-state index contributed by atoms with van der Waals surface area (Å²) in [6.07, 6.45) is 3.56.